The number of benzene rings is 3. The zero-order valence-electron chi connectivity index (χ0n) is 18.5. The van der Waals surface area contributed by atoms with Gasteiger partial charge in [-0.25, -0.2) is 4.79 Å². The van der Waals surface area contributed by atoms with Crippen molar-refractivity contribution in [3.8, 4) is 22.6 Å². The number of carbonyl (C=O) groups is 1. The predicted molar refractivity (Wildman–Crippen MR) is 124 cm³/mol. The molecule has 3 rings (SSSR count). The first kappa shape index (κ1) is 23.3. The molecular weight excluding hydrogens is 406 g/mol. The highest BCUT2D eigenvalue weighted by atomic mass is 16.5. The maximum atomic E-state index is 11.2. The van der Waals surface area contributed by atoms with E-state index >= 15 is 0 Å². The van der Waals surface area contributed by atoms with E-state index < -0.39 is 12.1 Å². The molecule has 3 aromatic carbocycles. The standard InChI is InChI=1S/C26H29NO5/c1-16-14-20(26(30)31)6-10-23(16)24-11-9-22(15-17(24)2)32-13-12-27-18(3)25(29)19-4-7-21(28)8-5-19/h4-11,14-15,18,25,27-29H,12-13H2,1-3H3,(H,30,31)/t18-,25-/m0/s1. The third kappa shape index (κ3) is 5.66. The fourth-order valence-electron chi connectivity index (χ4n) is 3.65. The Balaban J connectivity index is 1.55. The zero-order valence-corrected chi connectivity index (χ0v) is 18.5. The molecule has 6 nitrogen and oxygen atoms in total. The second-order valence-electron chi connectivity index (χ2n) is 7.94. The molecule has 2 atom stereocenters. The Morgan fingerprint density at radius 1 is 0.969 bits per heavy atom. The summed E-state index contributed by atoms with van der Waals surface area (Å²) < 4.78 is 5.86. The third-order valence-electron chi connectivity index (χ3n) is 5.51. The Morgan fingerprint density at radius 2 is 1.59 bits per heavy atom. The third-order valence-corrected chi connectivity index (χ3v) is 5.51. The van der Waals surface area contributed by atoms with Crippen molar-refractivity contribution in [3.05, 3.63) is 82.9 Å². The molecule has 0 bridgehead atoms. The van der Waals surface area contributed by atoms with Crippen LogP contribution in [0.1, 0.15) is 40.1 Å². The number of carboxylic acids is 1. The molecular formula is C26H29NO5. The zero-order chi connectivity index (χ0) is 23.3. The predicted octanol–water partition coefficient (Wildman–Crippen LogP) is 4.46. The van der Waals surface area contributed by atoms with Crippen molar-refractivity contribution in [1.82, 2.24) is 5.32 Å². The SMILES string of the molecule is Cc1cc(OCCN[C@@H](C)[C@H](O)c2ccc(O)cc2)ccc1-c1ccc(C(=O)O)cc1C. The molecule has 0 fully saturated rings. The molecule has 0 saturated carbocycles. The smallest absolute Gasteiger partial charge is 0.335 e. The van der Waals surface area contributed by atoms with Crippen LogP contribution in [-0.4, -0.2) is 40.5 Å². The Bertz CT molecular complexity index is 1080. The fraction of sp³-hybridized carbons (Fsp3) is 0.269. The summed E-state index contributed by atoms with van der Waals surface area (Å²) in [5.74, 6) is -0.0121. The number of phenolic OH excluding ortho intramolecular Hbond substituents is 1. The van der Waals surface area contributed by atoms with Gasteiger partial charge in [-0.05, 0) is 85.0 Å². The van der Waals surface area contributed by atoms with Gasteiger partial charge in [-0.15, -0.1) is 0 Å². The molecule has 0 unspecified atom stereocenters. The number of aromatic hydroxyl groups is 1. The van der Waals surface area contributed by atoms with E-state index in [0.717, 1.165) is 33.6 Å². The van der Waals surface area contributed by atoms with Crippen LogP contribution in [0.25, 0.3) is 11.1 Å². The summed E-state index contributed by atoms with van der Waals surface area (Å²) >= 11 is 0. The van der Waals surface area contributed by atoms with Crippen LogP contribution in [0.4, 0.5) is 0 Å². The van der Waals surface area contributed by atoms with Crippen molar-refractivity contribution >= 4 is 5.97 Å². The molecule has 0 spiro atoms. The Kier molecular flexibility index (Phi) is 7.51. The van der Waals surface area contributed by atoms with Crippen LogP contribution >= 0.6 is 0 Å². The number of rotatable bonds is 9. The Hall–Kier alpha value is -3.35. The van der Waals surface area contributed by atoms with Crippen LogP contribution in [-0.2, 0) is 0 Å². The van der Waals surface area contributed by atoms with Gasteiger partial charge in [-0.2, -0.15) is 0 Å². The summed E-state index contributed by atoms with van der Waals surface area (Å²) in [4.78, 5) is 11.2. The molecule has 0 aliphatic rings. The van der Waals surface area contributed by atoms with Crippen LogP contribution in [0.3, 0.4) is 0 Å². The van der Waals surface area contributed by atoms with Crippen LogP contribution in [0.15, 0.2) is 60.7 Å². The first-order valence-electron chi connectivity index (χ1n) is 10.5. The molecule has 0 heterocycles. The van der Waals surface area contributed by atoms with Gasteiger partial charge in [0.25, 0.3) is 0 Å². The minimum Gasteiger partial charge on any atom is -0.508 e. The van der Waals surface area contributed by atoms with Gasteiger partial charge in [-0.3, -0.25) is 0 Å². The van der Waals surface area contributed by atoms with Gasteiger partial charge >= 0.3 is 5.97 Å². The van der Waals surface area contributed by atoms with E-state index in [9.17, 15) is 15.0 Å². The number of phenols is 1. The summed E-state index contributed by atoms with van der Waals surface area (Å²) in [5.41, 5.74) is 5.00. The largest absolute Gasteiger partial charge is 0.508 e. The van der Waals surface area contributed by atoms with Crippen molar-refractivity contribution in [3.63, 3.8) is 0 Å². The molecule has 0 aliphatic heterocycles. The topological polar surface area (TPSA) is 99.0 Å². The molecule has 0 aliphatic carbocycles. The number of hydrogen-bond acceptors (Lipinski definition) is 5. The highest BCUT2D eigenvalue weighted by Gasteiger charge is 2.16. The van der Waals surface area contributed by atoms with Crippen LogP contribution < -0.4 is 10.1 Å². The quantitative estimate of drug-likeness (QED) is 0.370. The van der Waals surface area contributed by atoms with Gasteiger partial charge in [0, 0.05) is 12.6 Å². The van der Waals surface area contributed by atoms with Crippen molar-refractivity contribution in [2.24, 2.45) is 0 Å². The minimum absolute atomic E-state index is 0.170. The van der Waals surface area contributed by atoms with E-state index in [4.69, 9.17) is 9.84 Å². The number of ether oxygens (including phenoxy) is 1. The summed E-state index contributed by atoms with van der Waals surface area (Å²) in [6, 6.07) is 17.3. The van der Waals surface area contributed by atoms with Crippen molar-refractivity contribution < 1.29 is 24.9 Å². The van der Waals surface area contributed by atoms with Gasteiger partial charge in [0.15, 0.2) is 0 Å². The maximum Gasteiger partial charge on any atom is 0.335 e. The van der Waals surface area contributed by atoms with E-state index in [0.29, 0.717) is 13.2 Å². The van der Waals surface area contributed by atoms with Gasteiger partial charge in [0.05, 0.1) is 11.7 Å². The van der Waals surface area contributed by atoms with Crippen molar-refractivity contribution in [2.45, 2.75) is 32.9 Å². The molecule has 0 amide bonds. The van der Waals surface area contributed by atoms with Crippen LogP contribution in [0, 0.1) is 13.8 Å². The Labute approximate surface area is 188 Å². The number of aliphatic hydroxyl groups excluding tert-OH is 1. The Morgan fingerprint density at radius 3 is 2.19 bits per heavy atom. The molecule has 32 heavy (non-hydrogen) atoms. The molecule has 0 radical (unpaired) electrons. The average Bonchev–Trinajstić information content (AvgIpc) is 2.77. The highest BCUT2D eigenvalue weighted by molar-refractivity contribution is 5.89. The summed E-state index contributed by atoms with van der Waals surface area (Å²) in [5, 5.41) is 32.2. The van der Waals surface area contributed by atoms with Gasteiger partial charge in [0.1, 0.15) is 18.1 Å². The number of aryl methyl sites for hydroxylation is 2. The summed E-state index contributed by atoms with van der Waals surface area (Å²) in [6.45, 7) is 6.81. The number of hydrogen-bond donors (Lipinski definition) is 4. The van der Waals surface area contributed by atoms with Gasteiger partial charge in [-0.1, -0.05) is 24.3 Å². The van der Waals surface area contributed by atoms with Gasteiger partial charge < -0.3 is 25.4 Å². The maximum absolute atomic E-state index is 11.2. The first-order chi connectivity index (χ1) is 15.3. The second kappa shape index (κ2) is 10.3. The lowest BCUT2D eigenvalue weighted by atomic mass is 9.95. The molecule has 3 aromatic rings. The first-order valence-corrected chi connectivity index (χ1v) is 10.5. The van der Waals surface area contributed by atoms with E-state index in [2.05, 4.69) is 5.32 Å². The van der Waals surface area contributed by atoms with E-state index in [1.54, 1.807) is 36.4 Å². The number of aliphatic hydroxyl groups is 1. The van der Waals surface area contributed by atoms with E-state index in [1.807, 2.05) is 45.0 Å². The lowest BCUT2D eigenvalue weighted by molar-refractivity contribution is 0.0696. The second-order valence-corrected chi connectivity index (χ2v) is 7.94. The summed E-state index contributed by atoms with van der Waals surface area (Å²) in [7, 11) is 0. The molecule has 0 aromatic heterocycles. The number of nitrogens with one attached hydrogen (secondary N) is 1. The van der Waals surface area contributed by atoms with Crippen molar-refractivity contribution in [1.29, 1.82) is 0 Å². The van der Waals surface area contributed by atoms with Crippen LogP contribution in [0.2, 0.25) is 0 Å². The normalized spacial score (nSPS) is 12.9. The van der Waals surface area contributed by atoms with Gasteiger partial charge in [0.2, 0.25) is 0 Å². The molecule has 0 saturated heterocycles. The van der Waals surface area contributed by atoms with Crippen molar-refractivity contribution in [2.75, 3.05) is 13.2 Å². The molecule has 168 valence electrons. The highest BCUT2D eigenvalue weighted by Crippen LogP contribution is 2.30. The number of aromatic carboxylic acids is 1. The minimum atomic E-state index is -0.932. The lowest BCUT2D eigenvalue weighted by Crippen LogP contribution is -2.35. The average molecular weight is 436 g/mol. The number of carboxylic acid groups (broad SMARTS) is 1. The molecule has 6 heteroatoms. The monoisotopic (exact) mass is 435 g/mol. The molecule has 4 N–H and O–H groups in total. The summed E-state index contributed by atoms with van der Waals surface area (Å²) in [6.07, 6.45) is -0.687. The lowest BCUT2D eigenvalue weighted by Gasteiger charge is -2.21. The van der Waals surface area contributed by atoms with Crippen LogP contribution in [0.5, 0.6) is 11.5 Å². The van der Waals surface area contributed by atoms with E-state index in [1.165, 1.54) is 0 Å². The fourth-order valence-corrected chi connectivity index (χ4v) is 3.65. The van der Waals surface area contributed by atoms with E-state index in [-0.39, 0.29) is 17.4 Å².